The number of rotatable bonds is 7. The third-order valence-corrected chi connectivity index (χ3v) is 3.76. The molecule has 6 heteroatoms. The van der Waals surface area contributed by atoms with Crippen LogP contribution in [0.5, 0.6) is 0 Å². The molecule has 0 radical (unpaired) electrons. The van der Waals surface area contributed by atoms with Gasteiger partial charge in [-0.2, -0.15) is 0 Å². The van der Waals surface area contributed by atoms with Crippen molar-refractivity contribution in [3.8, 4) is 0 Å². The number of nitro groups is 1. The molecule has 1 aromatic carbocycles. The molecule has 0 spiro atoms. The summed E-state index contributed by atoms with van der Waals surface area (Å²) in [7, 11) is 0. The molecular weight excluding hydrogens is 276 g/mol. The van der Waals surface area contributed by atoms with Crippen LogP contribution in [0, 0.1) is 10.1 Å². The Morgan fingerprint density at radius 3 is 2.80 bits per heavy atom. The van der Waals surface area contributed by atoms with Gasteiger partial charge in [0.15, 0.2) is 0 Å². The molecule has 1 heterocycles. The first kappa shape index (κ1) is 14.5. The molecule has 0 saturated carbocycles. The van der Waals surface area contributed by atoms with E-state index in [1.165, 1.54) is 6.07 Å². The predicted octanol–water partition coefficient (Wildman–Crippen LogP) is 4.05. The van der Waals surface area contributed by atoms with Crippen LogP contribution in [0.15, 0.2) is 41.0 Å². The number of benzene rings is 1. The van der Waals surface area contributed by atoms with Gasteiger partial charge in [0.1, 0.15) is 11.4 Å². The number of hydrogen-bond donors (Lipinski definition) is 1. The molecule has 0 bridgehead atoms. The van der Waals surface area contributed by atoms with Gasteiger partial charge in [-0.3, -0.25) is 10.1 Å². The van der Waals surface area contributed by atoms with Crippen molar-refractivity contribution in [1.82, 2.24) is 0 Å². The van der Waals surface area contributed by atoms with Crippen molar-refractivity contribution in [2.45, 2.75) is 18.4 Å². The number of thioether (sulfide) groups is 1. The summed E-state index contributed by atoms with van der Waals surface area (Å²) in [5.74, 6) is 2.36. The molecule has 2 rings (SSSR count). The second-order valence-electron chi connectivity index (χ2n) is 4.17. The number of nitrogens with one attached hydrogen (secondary N) is 1. The van der Waals surface area contributed by atoms with E-state index in [1.807, 2.05) is 25.1 Å². The number of nitro benzene ring substituents is 1. The van der Waals surface area contributed by atoms with E-state index in [0.29, 0.717) is 18.0 Å². The predicted molar refractivity (Wildman–Crippen MR) is 81.0 cm³/mol. The largest absolute Gasteiger partial charge is 0.468 e. The van der Waals surface area contributed by atoms with Crippen molar-refractivity contribution in [2.24, 2.45) is 0 Å². The minimum absolute atomic E-state index is 0.128. The maximum absolute atomic E-state index is 11.1. The molecule has 0 aliphatic heterocycles. The van der Waals surface area contributed by atoms with E-state index >= 15 is 0 Å². The first-order valence-electron chi connectivity index (χ1n) is 6.32. The summed E-state index contributed by atoms with van der Waals surface area (Å²) in [4.78, 5) is 10.7. The van der Waals surface area contributed by atoms with E-state index in [1.54, 1.807) is 24.1 Å². The average molecular weight is 292 g/mol. The van der Waals surface area contributed by atoms with E-state index in [9.17, 15) is 10.1 Å². The van der Waals surface area contributed by atoms with Crippen LogP contribution in [0.25, 0.3) is 0 Å². The van der Waals surface area contributed by atoms with Crippen LogP contribution >= 0.6 is 11.8 Å². The maximum Gasteiger partial charge on any atom is 0.292 e. The van der Waals surface area contributed by atoms with Gasteiger partial charge in [-0.15, -0.1) is 11.8 Å². The molecule has 1 aromatic heterocycles. The van der Waals surface area contributed by atoms with Gasteiger partial charge in [-0.1, -0.05) is 12.1 Å². The fourth-order valence-corrected chi connectivity index (χ4v) is 2.82. The third-order valence-electron chi connectivity index (χ3n) is 2.76. The summed E-state index contributed by atoms with van der Waals surface area (Å²) >= 11 is 1.67. The Balaban J connectivity index is 2.09. The van der Waals surface area contributed by atoms with Gasteiger partial charge >= 0.3 is 0 Å². The Bertz CT molecular complexity index is 570. The smallest absolute Gasteiger partial charge is 0.292 e. The first-order chi connectivity index (χ1) is 9.72. The van der Waals surface area contributed by atoms with E-state index in [4.69, 9.17) is 4.42 Å². The van der Waals surface area contributed by atoms with Crippen LogP contribution in [-0.2, 0) is 11.5 Å². The molecule has 0 unspecified atom stereocenters. The van der Waals surface area contributed by atoms with Gasteiger partial charge in [0.05, 0.1) is 16.9 Å². The lowest BCUT2D eigenvalue weighted by Gasteiger charge is -2.10. The van der Waals surface area contributed by atoms with Crippen LogP contribution in [0.2, 0.25) is 0 Å². The molecular formula is C14H16N2O3S. The van der Waals surface area contributed by atoms with Gasteiger partial charge in [0.2, 0.25) is 0 Å². The van der Waals surface area contributed by atoms with E-state index < -0.39 is 0 Å². The Morgan fingerprint density at radius 1 is 1.30 bits per heavy atom. The monoisotopic (exact) mass is 292 g/mol. The lowest BCUT2D eigenvalue weighted by Crippen LogP contribution is -2.04. The van der Waals surface area contributed by atoms with Crippen molar-refractivity contribution < 1.29 is 9.34 Å². The summed E-state index contributed by atoms with van der Waals surface area (Å²) < 4.78 is 5.27. The molecule has 0 aliphatic carbocycles. The molecule has 0 aliphatic rings. The second kappa shape index (κ2) is 7.00. The summed E-state index contributed by atoms with van der Waals surface area (Å²) in [6.45, 7) is 2.58. The number of para-hydroxylation sites is 1. The number of nitrogens with zero attached hydrogens (tertiary/aromatic N) is 1. The Kier molecular flexibility index (Phi) is 5.06. The van der Waals surface area contributed by atoms with Crippen LogP contribution in [0.4, 0.5) is 11.4 Å². The lowest BCUT2D eigenvalue weighted by molar-refractivity contribution is -0.384. The lowest BCUT2D eigenvalue weighted by atomic mass is 10.1. The van der Waals surface area contributed by atoms with Crippen LogP contribution < -0.4 is 5.32 Å². The molecule has 0 saturated heterocycles. The highest BCUT2D eigenvalue weighted by molar-refractivity contribution is 7.97. The fourth-order valence-electron chi connectivity index (χ4n) is 1.90. The zero-order chi connectivity index (χ0) is 14.4. The van der Waals surface area contributed by atoms with Crippen molar-refractivity contribution in [1.29, 1.82) is 0 Å². The molecule has 5 nitrogen and oxygen atoms in total. The highest BCUT2D eigenvalue weighted by Gasteiger charge is 2.16. The van der Waals surface area contributed by atoms with Gasteiger partial charge in [0, 0.05) is 18.4 Å². The van der Waals surface area contributed by atoms with Crippen molar-refractivity contribution in [3.05, 3.63) is 58.0 Å². The van der Waals surface area contributed by atoms with Crippen LogP contribution in [-0.4, -0.2) is 11.5 Å². The second-order valence-corrected chi connectivity index (χ2v) is 5.16. The van der Waals surface area contributed by atoms with Crippen LogP contribution in [0.3, 0.4) is 0 Å². The number of anilines is 1. The first-order valence-corrected chi connectivity index (χ1v) is 7.48. The molecule has 106 valence electrons. The number of hydrogen-bond acceptors (Lipinski definition) is 5. The highest BCUT2D eigenvalue weighted by Crippen LogP contribution is 2.31. The molecule has 20 heavy (non-hydrogen) atoms. The Labute approximate surface area is 121 Å². The van der Waals surface area contributed by atoms with Gasteiger partial charge in [-0.05, 0) is 24.6 Å². The zero-order valence-corrected chi connectivity index (χ0v) is 12.0. The maximum atomic E-state index is 11.1. The summed E-state index contributed by atoms with van der Waals surface area (Å²) in [5, 5.41) is 14.1. The Hall–Kier alpha value is -1.95. The van der Waals surface area contributed by atoms with Crippen molar-refractivity contribution in [3.63, 3.8) is 0 Å². The SMILES string of the molecule is CCNc1c(CSCc2ccco2)cccc1[N+](=O)[O-]. The summed E-state index contributed by atoms with van der Waals surface area (Å²) in [5.41, 5.74) is 1.69. The van der Waals surface area contributed by atoms with E-state index in [-0.39, 0.29) is 10.6 Å². The molecule has 2 aromatic rings. The summed E-state index contributed by atoms with van der Waals surface area (Å²) in [6.07, 6.45) is 1.65. The fraction of sp³-hybridized carbons (Fsp3) is 0.286. The van der Waals surface area contributed by atoms with Crippen molar-refractivity contribution >= 4 is 23.1 Å². The Morgan fingerprint density at radius 2 is 2.15 bits per heavy atom. The normalized spacial score (nSPS) is 10.4. The minimum Gasteiger partial charge on any atom is -0.468 e. The van der Waals surface area contributed by atoms with Gasteiger partial charge in [0.25, 0.3) is 5.69 Å². The highest BCUT2D eigenvalue weighted by atomic mass is 32.2. The average Bonchev–Trinajstić information content (AvgIpc) is 2.93. The third kappa shape index (κ3) is 3.54. The molecule has 0 fully saturated rings. The van der Waals surface area contributed by atoms with E-state index in [2.05, 4.69) is 5.32 Å². The number of furan rings is 1. The van der Waals surface area contributed by atoms with Crippen LogP contribution in [0.1, 0.15) is 18.2 Å². The molecule has 0 amide bonds. The van der Waals surface area contributed by atoms with E-state index in [0.717, 1.165) is 17.1 Å². The molecule has 1 N–H and O–H groups in total. The van der Waals surface area contributed by atoms with Crippen molar-refractivity contribution in [2.75, 3.05) is 11.9 Å². The summed E-state index contributed by atoms with van der Waals surface area (Å²) in [6, 6.07) is 8.94. The van der Waals surface area contributed by atoms with Gasteiger partial charge in [-0.25, -0.2) is 0 Å². The quantitative estimate of drug-likeness (QED) is 0.616. The minimum atomic E-state index is -0.349. The molecule has 0 atom stereocenters. The topological polar surface area (TPSA) is 68.3 Å². The van der Waals surface area contributed by atoms with Gasteiger partial charge < -0.3 is 9.73 Å². The standard InChI is InChI=1S/C14H16N2O3S/c1-2-15-14-11(5-3-7-13(14)16(17)18)9-20-10-12-6-4-8-19-12/h3-8,15H,2,9-10H2,1H3. The zero-order valence-electron chi connectivity index (χ0n) is 11.2.